The van der Waals surface area contributed by atoms with E-state index in [2.05, 4.69) is 5.32 Å². The average Bonchev–Trinajstić information content (AvgIpc) is 3.26. The van der Waals surface area contributed by atoms with Gasteiger partial charge in [0, 0.05) is 12.1 Å². The van der Waals surface area contributed by atoms with E-state index in [1.54, 1.807) is 6.07 Å². The highest BCUT2D eigenvalue weighted by atomic mass is 16.6. The number of nitro groups is 2. The zero-order chi connectivity index (χ0) is 24.1. The number of furan rings is 1. The number of amides is 1. The fourth-order valence-electron chi connectivity index (χ4n) is 2.79. The second-order valence-electron chi connectivity index (χ2n) is 6.42. The van der Waals surface area contributed by atoms with Crippen molar-refractivity contribution in [2.75, 3.05) is 12.4 Å². The maximum atomic E-state index is 12.4. The van der Waals surface area contributed by atoms with Crippen LogP contribution in [-0.2, 0) is 4.79 Å². The number of rotatable bonds is 7. The largest absolute Gasteiger partial charge is 0.506 e. The van der Waals surface area contributed by atoms with Crippen LogP contribution in [0.5, 0.6) is 11.5 Å². The van der Waals surface area contributed by atoms with Gasteiger partial charge in [-0.3, -0.25) is 25.0 Å². The van der Waals surface area contributed by atoms with E-state index in [1.807, 2.05) is 0 Å². The van der Waals surface area contributed by atoms with E-state index < -0.39 is 27.1 Å². The molecule has 3 rings (SSSR count). The van der Waals surface area contributed by atoms with Crippen molar-refractivity contribution >= 4 is 29.0 Å². The quantitative estimate of drug-likeness (QED) is 0.176. The van der Waals surface area contributed by atoms with E-state index in [4.69, 9.17) is 9.15 Å². The Hall–Kier alpha value is -5.18. The molecule has 0 fully saturated rings. The number of benzene rings is 2. The minimum absolute atomic E-state index is 0.0646. The first-order valence-corrected chi connectivity index (χ1v) is 9.06. The third-order valence-electron chi connectivity index (χ3n) is 4.39. The van der Waals surface area contributed by atoms with Gasteiger partial charge in [-0.25, -0.2) is 0 Å². The minimum atomic E-state index is -0.907. The smallest absolute Gasteiger partial charge is 0.284 e. The van der Waals surface area contributed by atoms with Gasteiger partial charge in [-0.2, -0.15) is 5.26 Å². The molecular weight excluding hydrogens is 436 g/mol. The molecule has 2 aromatic carbocycles. The Morgan fingerprint density at radius 2 is 1.91 bits per heavy atom. The maximum Gasteiger partial charge on any atom is 0.284 e. The lowest BCUT2D eigenvalue weighted by atomic mass is 10.1. The van der Waals surface area contributed by atoms with Crippen LogP contribution in [0.3, 0.4) is 0 Å². The molecule has 0 atom stereocenters. The van der Waals surface area contributed by atoms with Crippen LogP contribution in [0.25, 0.3) is 17.4 Å². The monoisotopic (exact) mass is 450 g/mol. The van der Waals surface area contributed by atoms with Crippen LogP contribution < -0.4 is 10.1 Å². The number of carbonyl (C=O) groups is 1. The van der Waals surface area contributed by atoms with Gasteiger partial charge in [-0.05, 0) is 30.3 Å². The van der Waals surface area contributed by atoms with Crippen LogP contribution in [0, 0.1) is 31.6 Å². The van der Waals surface area contributed by atoms with Crippen LogP contribution in [0.4, 0.5) is 17.1 Å². The van der Waals surface area contributed by atoms with Gasteiger partial charge in [-0.15, -0.1) is 0 Å². The second-order valence-corrected chi connectivity index (χ2v) is 6.42. The summed E-state index contributed by atoms with van der Waals surface area (Å²) in [4.78, 5) is 33.2. The predicted molar refractivity (Wildman–Crippen MR) is 114 cm³/mol. The Kier molecular flexibility index (Phi) is 6.35. The number of phenols is 1. The Labute approximate surface area is 185 Å². The summed E-state index contributed by atoms with van der Waals surface area (Å²) in [6.45, 7) is 0. The Balaban J connectivity index is 1.86. The molecule has 3 aromatic rings. The third kappa shape index (κ3) is 4.94. The van der Waals surface area contributed by atoms with Gasteiger partial charge in [0.2, 0.25) is 0 Å². The molecule has 0 aliphatic heterocycles. The summed E-state index contributed by atoms with van der Waals surface area (Å²) in [5.74, 6) is -0.983. The molecule has 0 unspecified atom stereocenters. The fraction of sp³-hybridized carbons (Fsp3) is 0.0476. The first-order valence-electron chi connectivity index (χ1n) is 9.06. The van der Waals surface area contributed by atoms with Gasteiger partial charge >= 0.3 is 0 Å². The van der Waals surface area contributed by atoms with Crippen molar-refractivity contribution in [3.05, 3.63) is 80.1 Å². The number of aromatic hydroxyl groups is 1. The molecule has 12 nitrogen and oxygen atoms in total. The van der Waals surface area contributed by atoms with Gasteiger partial charge < -0.3 is 19.6 Å². The summed E-state index contributed by atoms with van der Waals surface area (Å²) in [6.07, 6.45) is 1.11. The number of nitrogens with one attached hydrogen (secondary N) is 1. The average molecular weight is 450 g/mol. The van der Waals surface area contributed by atoms with Crippen LogP contribution in [0.15, 0.2) is 58.5 Å². The number of phenolic OH excluding ortho intramolecular Hbond substituents is 1. The van der Waals surface area contributed by atoms with Crippen molar-refractivity contribution in [1.82, 2.24) is 0 Å². The SMILES string of the molecule is COc1ccc(-c2ccc(/C=C(\C#N)C(=O)Nc3ccc([N+](=O)[O-])cc3O)o2)c([N+](=O)[O-])c1. The molecule has 166 valence electrons. The number of hydrogen-bond donors (Lipinski definition) is 2. The van der Waals surface area contributed by atoms with Crippen LogP contribution in [0.2, 0.25) is 0 Å². The van der Waals surface area contributed by atoms with Crippen LogP contribution in [-0.4, -0.2) is 28.0 Å². The molecule has 0 saturated heterocycles. The Morgan fingerprint density at radius 3 is 2.52 bits per heavy atom. The van der Waals surface area contributed by atoms with Gasteiger partial charge in [0.15, 0.2) is 0 Å². The zero-order valence-corrected chi connectivity index (χ0v) is 16.8. The van der Waals surface area contributed by atoms with Crippen molar-refractivity contribution in [2.45, 2.75) is 0 Å². The number of anilines is 1. The molecule has 0 spiro atoms. The highest BCUT2D eigenvalue weighted by molar-refractivity contribution is 6.10. The predicted octanol–water partition coefficient (Wildman–Crippen LogP) is 4.02. The van der Waals surface area contributed by atoms with E-state index in [0.717, 1.165) is 24.3 Å². The van der Waals surface area contributed by atoms with Crippen molar-refractivity contribution in [1.29, 1.82) is 5.26 Å². The number of methoxy groups -OCH3 is 1. The van der Waals surface area contributed by atoms with Crippen molar-refractivity contribution in [3.8, 4) is 28.9 Å². The molecule has 0 aliphatic carbocycles. The topological polar surface area (TPSA) is 182 Å². The lowest BCUT2D eigenvalue weighted by molar-refractivity contribution is -0.385. The van der Waals surface area contributed by atoms with Crippen molar-refractivity contribution in [2.24, 2.45) is 0 Å². The van der Waals surface area contributed by atoms with Crippen LogP contribution >= 0.6 is 0 Å². The first kappa shape index (κ1) is 22.5. The van der Waals surface area contributed by atoms with Gasteiger partial charge in [0.1, 0.15) is 34.7 Å². The number of nitro benzene ring substituents is 2. The van der Waals surface area contributed by atoms with Crippen molar-refractivity contribution < 1.29 is 28.9 Å². The normalized spacial score (nSPS) is 10.8. The first-order chi connectivity index (χ1) is 15.7. The molecule has 0 radical (unpaired) electrons. The van der Waals surface area contributed by atoms with E-state index in [0.29, 0.717) is 0 Å². The molecule has 0 bridgehead atoms. The summed E-state index contributed by atoms with van der Waals surface area (Å²) in [7, 11) is 1.37. The highest BCUT2D eigenvalue weighted by Gasteiger charge is 2.20. The number of nitrogens with zero attached hydrogens (tertiary/aromatic N) is 3. The zero-order valence-electron chi connectivity index (χ0n) is 16.8. The van der Waals surface area contributed by atoms with Gasteiger partial charge in [0.05, 0.1) is 40.3 Å². The lowest BCUT2D eigenvalue weighted by Crippen LogP contribution is -2.13. The number of nitriles is 1. The summed E-state index contributed by atoms with van der Waals surface area (Å²) < 4.78 is 10.5. The van der Waals surface area contributed by atoms with E-state index in [9.17, 15) is 35.4 Å². The second kappa shape index (κ2) is 9.31. The Bertz CT molecular complexity index is 1340. The summed E-state index contributed by atoms with van der Waals surface area (Å²) in [6, 6.07) is 11.8. The van der Waals surface area contributed by atoms with E-state index in [-0.39, 0.29) is 39.9 Å². The molecule has 1 aromatic heterocycles. The molecule has 33 heavy (non-hydrogen) atoms. The molecule has 0 aliphatic rings. The molecule has 1 heterocycles. The molecule has 1 amide bonds. The molecular formula is C21H14N4O8. The summed E-state index contributed by atoms with van der Waals surface area (Å²) in [5, 5.41) is 43.6. The lowest BCUT2D eigenvalue weighted by Gasteiger charge is -2.06. The third-order valence-corrected chi connectivity index (χ3v) is 4.39. The fourth-order valence-corrected chi connectivity index (χ4v) is 2.79. The Morgan fingerprint density at radius 1 is 1.15 bits per heavy atom. The van der Waals surface area contributed by atoms with E-state index in [1.165, 1.54) is 37.4 Å². The van der Waals surface area contributed by atoms with Crippen LogP contribution in [0.1, 0.15) is 5.76 Å². The van der Waals surface area contributed by atoms with Crippen molar-refractivity contribution in [3.63, 3.8) is 0 Å². The molecule has 2 N–H and O–H groups in total. The highest BCUT2D eigenvalue weighted by Crippen LogP contribution is 2.34. The molecule has 12 heteroatoms. The summed E-state index contributed by atoms with van der Waals surface area (Å²) in [5.41, 5.74) is -1.01. The minimum Gasteiger partial charge on any atom is -0.506 e. The maximum absolute atomic E-state index is 12.4. The van der Waals surface area contributed by atoms with Gasteiger partial charge in [-0.1, -0.05) is 0 Å². The summed E-state index contributed by atoms with van der Waals surface area (Å²) >= 11 is 0. The van der Waals surface area contributed by atoms with Gasteiger partial charge in [0.25, 0.3) is 17.3 Å². The number of carbonyl (C=O) groups excluding carboxylic acids is 1. The van der Waals surface area contributed by atoms with E-state index >= 15 is 0 Å². The number of ether oxygens (including phenoxy) is 1. The number of hydrogen-bond acceptors (Lipinski definition) is 9. The standard InChI is InChI=1S/C21H14N4O8/c1-32-14-3-5-16(18(10-14)25(30)31)20-7-4-15(33-20)8-12(11-22)21(27)23-17-6-2-13(24(28)29)9-19(17)26/h2-10,26H,1H3,(H,23,27)/b12-8+. The number of non-ortho nitro benzene ring substituents is 1. The molecule has 0 saturated carbocycles.